The molecule has 0 aromatic heterocycles. The zero-order valence-electron chi connectivity index (χ0n) is 9.00. The smallest absolute Gasteiger partial charge is 0.155 e. The predicted molar refractivity (Wildman–Crippen MR) is 58.1 cm³/mol. The summed E-state index contributed by atoms with van der Waals surface area (Å²) in [5.74, 6) is -0.130. The minimum Gasteiger partial charge on any atom is -0.303 e. The molecule has 2 heteroatoms. The minimum absolute atomic E-state index is 0.0300. The van der Waals surface area contributed by atoms with Gasteiger partial charge in [0, 0.05) is 12.3 Å². The SMILES string of the molecule is C=CC(=O)C[C@H](C=O)CCCCCC. The molecule has 2 nitrogen and oxygen atoms in total. The molecule has 0 fully saturated rings. The van der Waals surface area contributed by atoms with Crippen molar-refractivity contribution in [1.82, 2.24) is 0 Å². The Balaban J connectivity index is 3.63. The van der Waals surface area contributed by atoms with E-state index in [4.69, 9.17) is 0 Å². The molecule has 0 bridgehead atoms. The molecule has 0 aromatic rings. The van der Waals surface area contributed by atoms with Gasteiger partial charge in [-0.15, -0.1) is 0 Å². The molecule has 0 saturated heterocycles. The van der Waals surface area contributed by atoms with Crippen molar-refractivity contribution in [2.75, 3.05) is 0 Å². The molecule has 0 N–H and O–H groups in total. The fourth-order valence-electron chi connectivity index (χ4n) is 1.39. The molecule has 0 heterocycles. The van der Waals surface area contributed by atoms with Crippen LogP contribution in [0.4, 0.5) is 0 Å². The Kier molecular flexibility index (Phi) is 8.10. The maximum Gasteiger partial charge on any atom is 0.155 e. The summed E-state index contributed by atoms with van der Waals surface area (Å²) in [6.07, 6.45) is 7.96. The Labute approximate surface area is 86.4 Å². The summed E-state index contributed by atoms with van der Waals surface area (Å²) in [5.41, 5.74) is 0. The lowest BCUT2D eigenvalue weighted by Gasteiger charge is -2.06. The van der Waals surface area contributed by atoms with Crippen LogP contribution in [0.25, 0.3) is 0 Å². The highest BCUT2D eigenvalue weighted by Crippen LogP contribution is 2.12. The van der Waals surface area contributed by atoms with Gasteiger partial charge in [0.15, 0.2) is 5.78 Å². The molecule has 0 aromatic carbocycles. The number of carbonyl (C=O) groups is 2. The van der Waals surface area contributed by atoms with Gasteiger partial charge in [-0.1, -0.05) is 39.2 Å². The van der Waals surface area contributed by atoms with Crippen LogP contribution >= 0.6 is 0 Å². The summed E-state index contributed by atoms with van der Waals surface area (Å²) in [6, 6.07) is 0. The lowest BCUT2D eigenvalue weighted by molar-refractivity contribution is -0.119. The van der Waals surface area contributed by atoms with Crippen LogP contribution in [-0.2, 0) is 9.59 Å². The summed E-state index contributed by atoms with van der Waals surface area (Å²) in [5, 5.41) is 0. The summed E-state index contributed by atoms with van der Waals surface area (Å²) >= 11 is 0. The first-order valence-electron chi connectivity index (χ1n) is 5.35. The molecule has 0 saturated carbocycles. The largest absolute Gasteiger partial charge is 0.303 e. The number of hydrogen-bond acceptors (Lipinski definition) is 2. The second-order valence-corrected chi connectivity index (χ2v) is 3.62. The van der Waals surface area contributed by atoms with Crippen molar-refractivity contribution in [3.8, 4) is 0 Å². The quantitative estimate of drug-likeness (QED) is 0.323. The number of allylic oxidation sites excluding steroid dienone is 1. The zero-order valence-corrected chi connectivity index (χ0v) is 9.00. The van der Waals surface area contributed by atoms with Crippen LogP contribution in [0.15, 0.2) is 12.7 Å². The molecule has 80 valence electrons. The first-order chi connectivity index (χ1) is 6.74. The first-order valence-corrected chi connectivity index (χ1v) is 5.35. The summed E-state index contributed by atoms with van der Waals surface area (Å²) in [7, 11) is 0. The standard InChI is InChI=1S/C12H20O2/c1-3-5-6-7-8-11(10-13)9-12(14)4-2/h4,10-11H,2-3,5-9H2,1H3/t11-/m1/s1. The lowest BCUT2D eigenvalue weighted by atomic mass is 9.97. The third-order valence-corrected chi connectivity index (χ3v) is 2.31. The Bertz CT molecular complexity index is 185. The second kappa shape index (κ2) is 8.67. The Morgan fingerprint density at radius 3 is 2.57 bits per heavy atom. The number of rotatable bonds is 9. The van der Waals surface area contributed by atoms with Crippen molar-refractivity contribution < 1.29 is 9.59 Å². The molecule has 0 unspecified atom stereocenters. The van der Waals surface area contributed by atoms with E-state index in [0.29, 0.717) is 6.42 Å². The van der Waals surface area contributed by atoms with E-state index < -0.39 is 0 Å². The van der Waals surface area contributed by atoms with Crippen molar-refractivity contribution in [3.63, 3.8) is 0 Å². The van der Waals surface area contributed by atoms with E-state index in [1.165, 1.54) is 18.9 Å². The average molecular weight is 196 g/mol. The van der Waals surface area contributed by atoms with E-state index in [1.54, 1.807) is 0 Å². The first kappa shape index (κ1) is 13.1. The van der Waals surface area contributed by atoms with Crippen molar-refractivity contribution in [2.24, 2.45) is 5.92 Å². The molecule has 0 radical (unpaired) electrons. The van der Waals surface area contributed by atoms with Gasteiger partial charge >= 0.3 is 0 Å². The van der Waals surface area contributed by atoms with Gasteiger partial charge in [-0.05, 0) is 12.5 Å². The van der Waals surface area contributed by atoms with Crippen LogP contribution in [0.3, 0.4) is 0 Å². The maximum atomic E-state index is 11.0. The highest BCUT2D eigenvalue weighted by atomic mass is 16.1. The molecule has 0 aliphatic heterocycles. The van der Waals surface area contributed by atoms with Crippen LogP contribution in [0, 0.1) is 5.92 Å². The maximum absolute atomic E-state index is 11.0. The van der Waals surface area contributed by atoms with Gasteiger partial charge < -0.3 is 4.79 Å². The van der Waals surface area contributed by atoms with Crippen LogP contribution in [0.2, 0.25) is 0 Å². The zero-order chi connectivity index (χ0) is 10.8. The molecule has 1 atom stereocenters. The molecule has 0 aliphatic rings. The number of unbranched alkanes of at least 4 members (excludes halogenated alkanes) is 3. The van der Waals surface area contributed by atoms with Gasteiger partial charge in [0.2, 0.25) is 0 Å². The lowest BCUT2D eigenvalue weighted by Crippen LogP contribution is -2.07. The molecule has 0 spiro atoms. The Hall–Kier alpha value is -0.920. The number of aldehydes is 1. The van der Waals surface area contributed by atoms with Gasteiger partial charge in [0.1, 0.15) is 6.29 Å². The van der Waals surface area contributed by atoms with E-state index in [2.05, 4.69) is 13.5 Å². The van der Waals surface area contributed by atoms with Gasteiger partial charge in [-0.25, -0.2) is 0 Å². The van der Waals surface area contributed by atoms with Gasteiger partial charge in [-0.3, -0.25) is 4.79 Å². The van der Waals surface area contributed by atoms with E-state index in [-0.39, 0.29) is 11.7 Å². The van der Waals surface area contributed by atoms with E-state index in [1.807, 2.05) is 0 Å². The van der Waals surface area contributed by atoms with Crippen molar-refractivity contribution in [3.05, 3.63) is 12.7 Å². The van der Waals surface area contributed by atoms with Crippen LogP contribution < -0.4 is 0 Å². The Morgan fingerprint density at radius 1 is 1.36 bits per heavy atom. The number of carbonyl (C=O) groups excluding carboxylic acids is 2. The molecule has 14 heavy (non-hydrogen) atoms. The van der Waals surface area contributed by atoms with E-state index in [0.717, 1.165) is 25.5 Å². The van der Waals surface area contributed by atoms with E-state index in [9.17, 15) is 9.59 Å². The fraction of sp³-hybridized carbons (Fsp3) is 0.667. The summed E-state index contributed by atoms with van der Waals surface area (Å²) < 4.78 is 0. The second-order valence-electron chi connectivity index (χ2n) is 3.62. The van der Waals surface area contributed by atoms with Crippen molar-refractivity contribution >= 4 is 12.1 Å². The monoisotopic (exact) mass is 196 g/mol. The predicted octanol–water partition coefficient (Wildman–Crippen LogP) is 2.92. The molecule has 0 amide bonds. The van der Waals surface area contributed by atoms with Crippen LogP contribution in [0.1, 0.15) is 45.4 Å². The van der Waals surface area contributed by atoms with Crippen molar-refractivity contribution in [2.45, 2.75) is 45.4 Å². The van der Waals surface area contributed by atoms with Crippen LogP contribution in [0.5, 0.6) is 0 Å². The molecular weight excluding hydrogens is 176 g/mol. The third-order valence-electron chi connectivity index (χ3n) is 2.31. The van der Waals surface area contributed by atoms with Crippen LogP contribution in [-0.4, -0.2) is 12.1 Å². The third kappa shape index (κ3) is 6.58. The molecule has 0 aliphatic carbocycles. The number of ketones is 1. The van der Waals surface area contributed by atoms with E-state index >= 15 is 0 Å². The average Bonchev–Trinajstić information content (AvgIpc) is 2.22. The summed E-state index contributed by atoms with van der Waals surface area (Å²) in [4.78, 5) is 21.6. The van der Waals surface area contributed by atoms with Gasteiger partial charge in [-0.2, -0.15) is 0 Å². The highest BCUT2D eigenvalue weighted by molar-refractivity contribution is 5.90. The van der Waals surface area contributed by atoms with Crippen molar-refractivity contribution in [1.29, 1.82) is 0 Å². The molecular formula is C12H20O2. The molecule has 0 rings (SSSR count). The summed E-state index contributed by atoms with van der Waals surface area (Å²) in [6.45, 7) is 5.54. The number of hydrogen-bond donors (Lipinski definition) is 0. The highest BCUT2D eigenvalue weighted by Gasteiger charge is 2.10. The normalized spacial score (nSPS) is 12.1. The Morgan fingerprint density at radius 2 is 2.07 bits per heavy atom. The fourth-order valence-corrected chi connectivity index (χ4v) is 1.39. The van der Waals surface area contributed by atoms with Gasteiger partial charge in [0.25, 0.3) is 0 Å². The topological polar surface area (TPSA) is 34.1 Å². The van der Waals surface area contributed by atoms with Gasteiger partial charge in [0.05, 0.1) is 0 Å². The minimum atomic E-state index is -0.0997.